The van der Waals surface area contributed by atoms with E-state index in [2.05, 4.69) is 29.1 Å². The van der Waals surface area contributed by atoms with Crippen LogP contribution in [-0.2, 0) is 0 Å². The summed E-state index contributed by atoms with van der Waals surface area (Å²) in [7, 11) is 0. The Morgan fingerprint density at radius 3 is 2.86 bits per heavy atom. The third-order valence-electron chi connectivity index (χ3n) is 3.61. The molecule has 2 aromatic heterocycles. The van der Waals surface area contributed by atoms with E-state index in [0.717, 1.165) is 20.5 Å². The van der Waals surface area contributed by atoms with Gasteiger partial charge in [0.05, 0.1) is 0 Å². The van der Waals surface area contributed by atoms with Crippen molar-refractivity contribution in [1.82, 2.24) is 10.3 Å². The molecule has 3 nitrogen and oxygen atoms in total. The average molecular weight is 324 g/mol. The topological polar surface area (TPSA) is 37.3 Å². The van der Waals surface area contributed by atoms with Gasteiger partial charge in [-0.15, -0.1) is 11.3 Å². The highest BCUT2D eigenvalue weighted by atomic mass is 35.5. The summed E-state index contributed by atoms with van der Waals surface area (Å²) in [6, 6.07) is -0.656. The molecule has 0 radical (unpaired) electrons. The van der Waals surface area contributed by atoms with Crippen LogP contribution in [0.1, 0.15) is 41.8 Å². The van der Waals surface area contributed by atoms with Gasteiger partial charge >= 0.3 is 0 Å². The fraction of sp³-hybridized carbons (Fsp3) is 0.333. The van der Waals surface area contributed by atoms with Gasteiger partial charge in [-0.3, -0.25) is 4.98 Å². The van der Waals surface area contributed by atoms with E-state index < -0.39 is 6.04 Å². The van der Waals surface area contributed by atoms with Crippen molar-refractivity contribution >= 4 is 38.3 Å². The van der Waals surface area contributed by atoms with Crippen molar-refractivity contribution < 1.29 is 4.39 Å². The molecular formula is C15H15ClFN3S. The molecule has 110 valence electrons. The number of nitrogens with zero attached hydrogens (tertiary/aromatic N) is 2. The van der Waals surface area contributed by atoms with Gasteiger partial charge in [-0.1, -0.05) is 13.8 Å². The van der Waals surface area contributed by atoms with Gasteiger partial charge in [-0.05, 0) is 35.6 Å². The third kappa shape index (κ3) is 2.45. The van der Waals surface area contributed by atoms with Crippen molar-refractivity contribution in [2.24, 2.45) is 4.99 Å². The summed E-state index contributed by atoms with van der Waals surface area (Å²) < 4.78 is 15.3. The summed E-state index contributed by atoms with van der Waals surface area (Å²) >= 11 is 7.46. The number of hydrogen-bond donors (Lipinski definition) is 1. The molecule has 6 heteroatoms. The fourth-order valence-electron chi connectivity index (χ4n) is 2.44. The molecule has 0 amide bonds. The highest BCUT2D eigenvalue weighted by Gasteiger charge is 2.26. The smallest absolute Gasteiger partial charge is 0.196 e. The molecule has 21 heavy (non-hydrogen) atoms. The van der Waals surface area contributed by atoms with Crippen LogP contribution >= 0.6 is 22.9 Å². The zero-order valence-corrected chi connectivity index (χ0v) is 13.5. The quantitative estimate of drug-likeness (QED) is 0.808. The van der Waals surface area contributed by atoms with Gasteiger partial charge in [-0.25, -0.2) is 9.38 Å². The first-order valence-electron chi connectivity index (χ1n) is 6.71. The molecule has 1 aliphatic rings. The highest BCUT2D eigenvalue weighted by molar-refractivity contribution is 7.19. The zero-order chi connectivity index (χ0) is 15.1. The fourth-order valence-corrected chi connectivity index (χ4v) is 4.07. The molecule has 3 heterocycles. The van der Waals surface area contributed by atoms with Crippen LogP contribution in [0.2, 0.25) is 0 Å². The van der Waals surface area contributed by atoms with Crippen molar-refractivity contribution in [1.29, 1.82) is 0 Å². The Kier molecular flexibility index (Phi) is 3.71. The molecule has 0 fully saturated rings. The lowest BCUT2D eigenvalue weighted by molar-refractivity contribution is 0.545. The lowest BCUT2D eigenvalue weighted by Crippen LogP contribution is -2.18. The molecule has 0 saturated heterocycles. The van der Waals surface area contributed by atoms with E-state index in [1.807, 2.05) is 19.3 Å². The molecule has 0 aliphatic carbocycles. The Morgan fingerprint density at radius 1 is 1.38 bits per heavy atom. The number of aliphatic imine (C=N–C) groups is 1. The minimum atomic E-state index is -0.656. The number of amidine groups is 1. The second-order valence-corrected chi connectivity index (χ2v) is 6.76. The largest absolute Gasteiger partial charge is 0.335 e. The minimum absolute atomic E-state index is 0.209. The summed E-state index contributed by atoms with van der Waals surface area (Å²) in [6.07, 6.45) is 4.99. The summed E-state index contributed by atoms with van der Waals surface area (Å²) in [5.41, 5.74) is 2.20. The van der Waals surface area contributed by atoms with Crippen LogP contribution in [-0.4, -0.2) is 10.3 Å². The van der Waals surface area contributed by atoms with Crippen LogP contribution in [0.15, 0.2) is 29.4 Å². The summed E-state index contributed by atoms with van der Waals surface area (Å²) in [4.78, 5) is 9.38. The van der Waals surface area contributed by atoms with Gasteiger partial charge in [0.25, 0.3) is 0 Å². The maximum Gasteiger partial charge on any atom is 0.196 e. The van der Waals surface area contributed by atoms with Crippen molar-refractivity contribution in [3.05, 3.63) is 40.4 Å². The van der Waals surface area contributed by atoms with Crippen molar-refractivity contribution in [2.45, 2.75) is 32.7 Å². The lowest BCUT2D eigenvalue weighted by atomic mass is 10.0. The molecule has 1 aliphatic heterocycles. The number of aryl methyl sites for hydroxylation is 1. The van der Waals surface area contributed by atoms with E-state index in [-0.39, 0.29) is 11.1 Å². The summed E-state index contributed by atoms with van der Waals surface area (Å²) in [6.45, 7) is 6.25. The normalized spacial score (nSPS) is 18.7. The first-order chi connectivity index (χ1) is 9.99. The Bertz CT molecular complexity index is 764. The van der Waals surface area contributed by atoms with E-state index in [1.54, 1.807) is 11.3 Å². The molecule has 0 saturated carbocycles. The van der Waals surface area contributed by atoms with Crippen molar-refractivity contribution in [3.63, 3.8) is 0 Å². The highest BCUT2D eigenvalue weighted by Crippen LogP contribution is 2.42. The lowest BCUT2D eigenvalue weighted by Gasteiger charge is -2.15. The maximum atomic E-state index is 14.1. The molecule has 0 aromatic carbocycles. The van der Waals surface area contributed by atoms with Crippen LogP contribution < -0.4 is 5.32 Å². The van der Waals surface area contributed by atoms with Crippen LogP contribution in [0.25, 0.3) is 10.1 Å². The van der Waals surface area contributed by atoms with Crippen LogP contribution in [0, 0.1) is 6.92 Å². The molecule has 3 rings (SSSR count). The Hall–Kier alpha value is -1.46. The Balaban J connectivity index is 2.21. The number of pyridine rings is 1. The van der Waals surface area contributed by atoms with Crippen LogP contribution in [0.4, 0.5) is 4.39 Å². The third-order valence-corrected chi connectivity index (χ3v) is 5.23. The van der Waals surface area contributed by atoms with Crippen LogP contribution in [0.5, 0.6) is 0 Å². The number of halogens is 2. The second-order valence-electron chi connectivity index (χ2n) is 5.35. The second kappa shape index (κ2) is 5.39. The SMILES string of the molecule is Cc1c(C2N=C(Cl)NC=C2F)sc2c(C(C)C)cncc12. The Morgan fingerprint density at radius 2 is 2.14 bits per heavy atom. The van der Waals surface area contributed by atoms with E-state index in [4.69, 9.17) is 11.6 Å². The zero-order valence-electron chi connectivity index (χ0n) is 11.9. The van der Waals surface area contributed by atoms with E-state index in [0.29, 0.717) is 5.92 Å². The average Bonchev–Trinajstić information content (AvgIpc) is 2.79. The number of rotatable bonds is 2. The van der Waals surface area contributed by atoms with Crippen molar-refractivity contribution in [2.75, 3.05) is 0 Å². The van der Waals surface area contributed by atoms with Gasteiger partial charge in [0.1, 0.15) is 11.9 Å². The molecule has 1 unspecified atom stereocenters. The van der Waals surface area contributed by atoms with Gasteiger partial charge in [0, 0.05) is 33.6 Å². The van der Waals surface area contributed by atoms with Gasteiger partial charge < -0.3 is 5.32 Å². The van der Waals surface area contributed by atoms with E-state index >= 15 is 0 Å². The van der Waals surface area contributed by atoms with Gasteiger partial charge in [0.2, 0.25) is 0 Å². The molecule has 1 atom stereocenters. The van der Waals surface area contributed by atoms with E-state index in [9.17, 15) is 4.39 Å². The standard InChI is InChI=1S/C15H15ClFN3S/c1-7(2)9-4-18-5-10-8(3)13(21-14(9)10)12-11(17)6-19-15(16)20-12/h4-7,12H,1-3H3,(H,19,20). The van der Waals surface area contributed by atoms with Crippen molar-refractivity contribution in [3.8, 4) is 0 Å². The van der Waals surface area contributed by atoms with E-state index in [1.165, 1.54) is 11.8 Å². The Labute approximate surface area is 131 Å². The molecule has 0 spiro atoms. The number of fused-ring (bicyclic) bond motifs is 1. The maximum absolute atomic E-state index is 14.1. The predicted octanol–water partition coefficient (Wildman–Crippen LogP) is 4.78. The monoisotopic (exact) mass is 323 g/mol. The summed E-state index contributed by atoms with van der Waals surface area (Å²) in [5.74, 6) is 0.0423. The first kappa shape index (κ1) is 14.5. The first-order valence-corrected chi connectivity index (χ1v) is 7.90. The molecular weight excluding hydrogens is 309 g/mol. The number of hydrogen-bond acceptors (Lipinski definition) is 4. The minimum Gasteiger partial charge on any atom is -0.335 e. The summed E-state index contributed by atoms with van der Waals surface area (Å²) in [5, 5.41) is 3.86. The van der Waals surface area contributed by atoms with Gasteiger partial charge in [0.15, 0.2) is 5.29 Å². The number of aromatic nitrogens is 1. The number of thiophene rings is 1. The molecule has 2 aromatic rings. The van der Waals surface area contributed by atoms with Crippen LogP contribution in [0.3, 0.4) is 0 Å². The molecule has 0 bridgehead atoms. The predicted molar refractivity (Wildman–Crippen MR) is 86.8 cm³/mol. The molecule has 1 N–H and O–H groups in total. The van der Waals surface area contributed by atoms with Gasteiger partial charge in [-0.2, -0.15) is 0 Å². The number of nitrogens with one attached hydrogen (secondary N) is 1.